The van der Waals surface area contributed by atoms with Gasteiger partial charge in [-0.25, -0.2) is 0 Å². The van der Waals surface area contributed by atoms with E-state index in [4.69, 9.17) is 5.73 Å². The van der Waals surface area contributed by atoms with Gasteiger partial charge in [0.2, 0.25) is 5.95 Å². The summed E-state index contributed by atoms with van der Waals surface area (Å²) in [5, 5.41) is 8.78. The third kappa shape index (κ3) is 2.92. The second kappa shape index (κ2) is 5.73. The molecule has 0 aliphatic heterocycles. The van der Waals surface area contributed by atoms with Crippen LogP contribution >= 0.6 is 11.8 Å². The first-order valence-corrected chi connectivity index (χ1v) is 6.67. The van der Waals surface area contributed by atoms with E-state index in [2.05, 4.69) is 48.0 Å². The highest BCUT2D eigenvalue weighted by atomic mass is 32.2. The normalized spacial score (nSPS) is 10.5. The summed E-state index contributed by atoms with van der Waals surface area (Å²) < 4.78 is 1.85. The van der Waals surface area contributed by atoms with E-state index in [1.54, 1.807) is 17.8 Å². The number of nitrogens with two attached hydrogens (primary N) is 1. The number of anilines is 1. The molecule has 0 atom stereocenters. The van der Waals surface area contributed by atoms with Crippen molar-refractivity contribution in [2.24, 2.45) is 0 Å². The maximum Gasteiger partial charge on any atom is 0.222 e. The summed E-state index contributed by atoms with van der Waals surface area (Å²) in [5.41, 5.74) is 8.27. The van der Waals surface area contributed by atoms with E-state index in [-0.39, 0.29) is 0 Å². The Balaban J connectivity index is 2.05. The molecule has 1 aromatic heterocycles. The molecular formula is C13H16N4S. The maximum absolute atomic E-state index is 5.74. The Hall–Kier alpha value is -1.75. The van der Waals surface area contributed by atoms with Crippen molar-refractivity contribution in [3.8, 4) is 0 Å². The number of benzene rings is 1. The second-order valence-corrected chi connectivity index (χ2v) is 4.96. The van der Waals surface area contributed by atoms with Crippen molar-refractivity contribution in [2.75, 3.05) is 5.73 Å². The molecule has 1 heterocycles. The largest absolute Gasteiger partial charge is 0.368 e. The minimum atomic E-state index is 0.432. The van der Waals surface area contributed by atoms with Crippen molar-refractivity contribution in [1.82, 2.24) is 14.8 Å². The predicted molar refractivity (Wildman–Crippen MR) is 75.4 cm³/mol. The number of allylic oxidation sites excluding steroid dienone is 1. The molecule has 0 saturated heterocycles. The molecule has 0 amide bonds. The molecule has 2 N–H and O–H groups in total. The average Bonchev–Trinajstić information content (AvgIpc) is 2.71. The van der Waals surface area contributed by atoms with Gasteiger partial charge in [-0.1, -0.05) is 47.7 Å². The Morgan fingerprint density at radius 2 is 2.06 bits per heavy atom. The van der Waals surface area contributed by atoms with E-state index in [1.807, 2.05) is 4.57 Å². The summed E-state index contributed by atoms with van der Waals surface area (Å²) in [4.78, 5) is 0. The van der Waals surface area contributed by atoms with Crippen molar-refractivity contribution in [2.45, 2.75) is 24.4 Å². The zero-order valence-electron chi connectivity index (χ0n) is 10.3. The smallest absolute Gasteiger partial charge is 0.222 e. The van der Waals surface area contributed by atoms with E-state index in [0.29, 0.717) is 12.5 Å². The van der Waals surface area contributed by atoms with E-state index in [9.17, 15) is 0 Å². The number of rotatable bonds is 5. The lowest BCUT2D eigenvalue weighted by Gasteiger charge is -2.05. The monoisotopic (exact) mass is 260 g/mol. The fourth-order valence-electron chi connectivity index (χ4n) is 1.54. The number of aryl methyl sites for hydroxylation is 1. The number of hydrogen-bond donors (Lipinski definition) is 1. The van der Waals surface area contributed by atoms with Crippen molar-refractivity contribution in [3.05, 3.63) is 48.0 Å². The molecule has 0 aliphatic carbocycles. The quantitative estimate of drug-likeness (QED) is 0.663. The topological polar surface area (TPSA) is 56.7 Å². The molecule has 2 aromatic rings. The van der Waals surface area contributed by atoms with E-state index < -0.39 is 0 Å². The van der Waals surface area contributed by atoms with Crippen molar-refractivity contribution >= 4 is 17.7 Å². The third-order valence-corrected chi connectivity index (χ3v) is 3.58. The minimum absolute atomic E-state index is 0.432. The number of aromatic nitrogens is 3. The average molecular weight is 260 g/mol. The molecule has 0 radical (unpaired) electrons. The molecule has 2 rings (SSSR count). The van der Waals surface area contributed by atoms with Crippen LogP contribution in [-0.4, -0.2) is 14.8 Å². The lowest BCUT2D eigenvalue weighted by Crippen LogP contribution is -2.03. The molecule has 0 bridgehead atoms. The Bertz CT molecular complexity index is 530. The molecule has 0 saturated carbocycles. The summed E-state index contributed by atoms with van der Waals surface area (Å²) in [6, 6.07) is 8.47. The highest BCUT2D eigenvalue weighted by molar-refractivity contribution is 7.98. The van der Waals surface area contributed by atoms with Crippen LogP contribution in [0, 0.1) is 6.92 Å². The Morgan fingerprint density at radius 1 is 1.33 bits per heavy atom. The first kappa shape index (κ1) is 12.7. The molecule has 1 aromatic carbocycles. The second-order valence-electron chi connectivity index (χ2n) is 4.01. The van der Waals surface area contributed by atoms with Gasteiger partial charge < -0.3 is 5.73 Å². The van der Waals surface area contributed by atoms with Gasteiger partial charge in [-0.15, -0.1) is 16.8 Å². The number of nitrogen functional groups attached to an aromatic ring is 1. The first-order valence-electron chi connectivity index (χ1n) is 5.68. The van der Waals surface area contributed by atoms with Crippen LogP contribution in [-0.2, 0) is 12.3 Å². The summed E-state index contributed by atoms with van der Waals surface area (Å²) in [7, 11) is 0. The fourth-order valence-corrected chi connectivity index (χ4v) is 2.45. The van der Waals surface area contributed by atoms with E-state index >= 15 is 0 Å². The van der Waals surface area contributed by atoms with Gasteiger partial charge in [-0.05, 0) is 12.5 Å². The van der Waals surface area contributed by atoms with Gasteiger partial charge in [0.1, 0.15) is 0 Å². The van der Waals surface area contributed by atoms with E-state index in [1.165, 1.54) is 11.1 Å². The van der Waals surface area contributed by atoms with Gasteiger partial charge in [0.15, 0.2) is 5.16 Å². The summed E-state index contributed by atoms with van der Waals surface area (Å²) in [5.74, 6) is 1.29. The Labute approximate surface area is 111 Å². The highest BCUT2D eigenvalue weighted by Crippen LogP contribution is 2.22. The standard InChI is InChI=1S/C13H16N4S/c1-3-8-17-12(14)15-16-13(17)18-9-11-6-4-10(2)5-7-11/h3-7H,1,8-9H2,2H3,(H2,14,15). The van der Waals surface area contributed by atoms with Gasteiger partial charge >= 0.3 is 0 Å². The van der Waals surface area contributed by atoms with Crippen LogP contribution in [0.3, 0.4) is 0 Å². The highest BCUT2D eigenvalue weighted by Gasteiger charge is 2.08. The summed E-state index contributed by atoms with van der Waals surface area (Å²) >= 11 is 1.63. The lowest BCUT2D eigenvalue weighted by molar-refractivity contribution is 0.733. The predicted octanol–water partition coefficient (Wildman–Crippen LogP) is 2.65. The molecule has 5 heteroatoms. The van der Waals surface area contributed by atoms with Crippen molar-refractivity contribution < 1.29 is 0 Å². The van der Waals surface area contributed by atoms with Gasteiger partial charge in [0, 0.05) is 12.3 Å². The number of thioether (sulfide) groups is 1. The van der Waals surface area contributed by atoms with Crippen LogP contribution < -0.4 is 5.73 Å². The van der Waals surface area contributed by atoms with Crippen LogP contribution in [0.5, 0.6) is 0 Å². The number of hydrogen-bond acceptors (Lipinski definition) is 4. The lowest BCUT2D eigenvalue weighted by atomic mass is 10.2. The zero-order valence-corrected chi connectivity index (χ0v) is 11.2. The fraction of sp³-hybridized carbons (Fsp3) is 0.231. The van der Waals surface area contributed by atoms with Crippen molar-refractivity contribution in [3.63, 3.8) is 0 Å². The van der Waals surface area contributed by atoms with Crippen molar-refractivity contribution in [1.29, 1.82) is 0 Å². The van der Waals surface area contributed by atoms with Gasteiger partial charge in [0.05, 0.1) is 0 Å². The maximum atomic E-state index is 5.74. The SMILES string of the molecule is C=CCn1c(N)nnc1SCc1ccc(C)cc1. The van der Waals surface area contributed by atoms with Crippen LogP contribution in [0.1, 0.15) is 11.1 Å². The van der Waals surface area contributed by atoms with Gasteiger partial charge in [0.25, 0.3) is 0 Å². The third-order valence-electron chi connectivity index (χ3n) is 2.55. The Morgan fingerprint density at radius 3 is 2.72 bits per heavy atom. The van der Waals surface area contributed by atoms with E-state index in [0.717, 1.165) is 10.9 Å². The van der Waals surface area contributed by atoms with Crippen LogP contribution in [0.15, 0.2) is 42.1 Å². The molecule has 94 valence electrons. The summed E-state index contributed by atoms with van der Waals surface area (Å²) in [6.07, 6.45) is 1.79. The molecule has 0 aliphatic rings. The molecule has 0 fully saturated rings. The van der Waals surface area contributed by atoms with Crippen LogP contribution in [0.2, 0.25) is 0 Å². The van der Waals surface area contributed by atoms with Crippen LogP contribution in [0.25, 0.3) is 0 Å². The van der Waals surface area contributed by atoms with Crippen LogP contribution in [0.4, 0.5) is 5.95 Å². The van der Waals surface area contributed by atoms with Gasteiger partial charge in [-0.2, -0.15) is 0 Å². The Kier molecular flexibility index (Phi) is 4.04. The molecule has 18 heavy (non-hydrogen) atoms. The van der Waals surface area contributed by atoms with Gasteiger partial charge in [-0.3, -0.25) is 4.57 Å². The molecule has 0 unspecified atom stereocenters. The molecule has 0 spiro atoms. The minimum Gasteiger partial charge on any atom is -0.368 e. The molecule has 4 nitrogen and oxygen atoms in total. The first-order chi connectivity index (χ1) is 8.70. The molecular weight excluding hydrogens is 244 g/mol. The zero-order chi connectivity index (χ0) is 13.0. The number of nitrogens with zero attached hydrogens (tertiary/aromatic N) is 3. The summed E-state index contributed by atoms with van der Waals surface area (Å²) in [6.45, 7) is 6.42.